The van der Waals surface area contributed by atoms with E-state index in [-0.39, 0.29) is 12.6 Å². The number of rotatable bonds is 9. The Labute approximate surface area is 225 Å². The molecule has 1 aliphatic carbocycles. The van der Waals surface area contributed by atoms with E-state index in [2.05, 4.69) is 32.8 Å². The number of anilines is 2. The zero-order valence-corrected chi connectivity index (χ0v) is 22.7. The van der Waals surface area contributed by atoms with Crippen LogP contribution in [-0.2, 0) is 11.2 Å². The molecule has 11 heteroatoms. The molecule has 0 atom stereocenters. The minimum atomic E-state index is 0.118. The lowest BCUT2D eigenvalue weighted by atomic mass is 9.85. The normalized spacial score (nSPS) is 19.1. The lowest BCUT2D eigenvalue weighted by Gasteiger charge is -2.30. The van der Waals surface area contributed by atoms with E-state index in [4.69, 9.17) is 31.0 Å². The quantitative estimate of drug-likeness (QED) is 0.371. The standard InChI is InChI=1S/C27H41N9O2/c1-3-20-22(35-12-5-4-6-13-35)11-10-21(30-20)24(28)23(34(2)29)18-38-27-32-25(19-8-7-9-19)31-26(33-27)36-14-16-37-17-15-36/h10-11,19H,3-9,12-18,28-29H2,1-2H3/b24-23-. The molecule has 2 aliphatic heterocycles. The molecule has 2 aromatic heterocycles. The van der Waals surface area contributed by atoms with E-state index in [9.17, 15) is 0 Å². The van der Waals surface area contributed by atoms with E-state index in [0.717, 1.165) is 57.0 Å². The number of nitrogens with zero attached hydrogens (tertiary/aromatic N) is 7. The lowest BCUT2D eigenvalue weighted by molar-refractivity contribution is 0.121. The maximum atomic E-state index is 6.64. The minimum absolute atomic E-state index is 0.118. The van der Waals surface area contributed by atoms with Crippen molar-refractivity contribution < 1.29 is 9.47 Å². The highest BCUT2D eigenvalue weighted by Crippen LogP contribution is 2.35. The third-order valence-electron chi connectivity index (χ3n) is 7.72. The summed E-state index contributed by atoms with van der Waals surface area (Å²) in [4.78, 5) is 23.6. The van der Waals surface area contributed by atoms with Gasteiger partial charge < -0.3 is 30.0 Å². The maximum Gasteiger partial charge on any atom is 0.321 e. The Balaban J connectivity index is 1.38. The van der Waals surface area contributed by atoms with Crippen LogP contribution in [0.4, 0.5) is 11.6 Å². The first-order valence-corrected chi connectivity index (χ1v) is 14.0. The highest BCUT2D eigenvalue weighted by Gasteiger charge is 2.26. The van der Waals surface area contributed by atoms with E-state index >= 15 is 0 Å². The molecule has 0 aromatic carbocycles. The van der Waals surface area contributed by atoms with Crippen LogP contribution >= 0.6 is 0 Å². The predicted octanol–water partition coefficient (Wildman–Crippen LogP) is 2.44. The molecule has 0 radical (unpaired) electrons. The van der Waals surface area contributed by atoms with Gasteiger partial charge in [0.15, 0.2) is 0 Å². The van der Waals surface area contributed by atoms with Gasteiger partial charge in [0.05, 0.1) is 41.7 Å². The molecule has 206 valence electrons. The van der Waals surface area contributed by atoms with Gasteiger partial charge in [-0.15, -0.1) is 0 Å². The molecule has 11 nitrogen and oxygen atoms in total. The molecular weight excluding hydrogens is 482 g/mol. The van der Waals surface area contributed by atoms with E-state index in [1.165, 1.54) is 36.4 Å². The fourth-order valence-electron chi connectivity index (χ4n) is 5.16. The number of likely N-dealkylation sites (N-methyl/N-ethyl adjacent to an activating group) is 1. The second kappa shape index (κ2) is 12.1. The molecule has 2 aromatic rings. The van der Waals surface area contributed by atoms with Crippen molar-refractivity contribution in [2.45, 2.75) is 57.8 Å². The fraction of sp³-hybridized carbons (Fsp3) is 0.630. The van der Waals surface area contributed by atoms with E-state index in [0.29, 0.717) is 42.2 Å². The van der Waals surface area contributed by atoms with Gasteiger partial charge in [-0.05, 0) is 50.7 Å². The number of aryl methyl sites for hydroxylation is 1. The van der Waals surface area contributed by atoms with Crippen molar-refractivity contribution in [3.8, 4) is 6.01 Å². The molecule has 1 saturated carbocycles. The van der Waals surface area contributed by atoms with Crippen molar-refractivity contribution >= 4 is 17.3 Å². The number of hydrogen-bond donors (Lipinski definition) is 2. The number of morpholine rings is 1. The lowest BCUT2D eigenvalue weighted by Crippen LogP contribution is -2.38. The van der Waals surface area contributed by atoms with Crippen molar-refractivity contribution in [1.82, 2.24) is 24.9 Å². The predicted molar refractivity (Wildman–Crippen MR) is 148 cm³/mol. The second-order valence-electron chi connectivity index (χ2n) is 10.3. The van der Waals surface area contributed by atoms with Crippen LogP contribution < -0.4 is 26.1 Å². The molecule has 38 heavy (non-hydrogen) atoms. The van der Waals surface area contributed by atoms with Crippen molar-refractivity contribution in [3.63, 3.8) is 0 Å². The molecule has 0 amide bonds. The number of nitrogens with two attached hydrogens (primary N) is 2. The summed E-state index contributed by atoms with van der Waals surface area (Å²) in [6.45, 7) is 7.21. The zero-order valence-electron chi connectivity index (χ0n) is 22.7. The smallest absolute Gasteiger partial charge is 0.321 e. The Kier molecular flexibility index (Phi) is 8.43. The van der Waals surface area contributed by atoms with E-state index in [1.54, 1.807) is 7.05 Å². The van der Waals surface area contributed by atoms with Crippen LogP contribution in [0.5, 0.6) is 6.01 Å². The zero-order chi connectivity index (χ0) is 26.5. The summed E-state index contributed by atoms with van der Waals surface area (Å²) < 4.78 is 11.6. The van der Waals surface area contributed by atoms with Crippen molar-refractivity contribution in [3.05, 3.63) is 35.0 Å². The van der Waals surface area contributed by atoms with Crippen molar-refractivity contribution in [2.75, 3.05) is 62.8 Å². The molecule has 4 heterocycles. The molecule has 0 spiro atoms. The first kappa shape index (κ1) is 26.4. The van der Waals surface area contributed by atoms with Crippen LogP contribution in [0, 0.1) is 0 Å². The van der Waals surface area contributed by atoms with Crippen LogP contribution in [0.25, 0.3) is 5.70 Å². The number of aromatic nitrogens is 4. The number of hydrogen-bond acceptors (Lipinski definition) is 11. The Morgan fingerprint density at radius 3 is 2.42 bits per heavy atom. The van der Waals surface area contributed by atoms with Gasteiger partial charge in [-0.3, -0.25) is 0 Å². The van der Waals surface area contributed by atoms with Crippen LogP contribution in [0.3, 0.4) is 0 Å². The average molecular weight is 524 g/mol. The number of hydrazine groups is 1. The Morgan fingerprint density at radius 2 is 1.76 bits per heavy atom. The van der Waals surface area contributed by atoms with Gasteiger partial charge in [0.25, 0.3) is 0 Å². The topological polar surface area (TPSA) is 132 Å². The largest absolute Gasteiger partial charge is 0.457 e. The van der Waals surface area contributed by atoms with Crippen molar-refractivity contribution in [2.24, 2.45) is 11.6 Å². The monoisotopic (exact) mass is 523 g/mol. The summed E-state index contributed by atoms with van der Waals surface area (Å²) in [6.07, 6.45) is 7.95. The molecule has 2 saturated heterocycles. The summed E-state index contributed by atoms with van der Waals surface area (Å²) in [6, 6.07) is 4.41. The molecule has 3 fully saturated rings. The third-order valence-corrected chi connectivity index (χ3v) is 7.72. The Morgan fingerprint density at radius 1 is 1.00 bits per heavy atom. The highest BCUT2D eigenvalue weighted by atomic mass is 16.5. The first-order valence-electron chi connectivity index (χ1n) is 14.0. The third kappa shape index (κ3) is 5.94. The fourth-order valence-corrected chi connectivity index (χ4v) is 5.16. The second-order valence-corrected chi connectivity index (χ2v) is 10.3. The highest BCUT2D eigenvalue weighted by molar-refractivity contribution is 5.65. The Hall–Kier alpha value is -3.18. The van der Waals surface area contributed by atoms with Crippen LogP contribution in [0.1, 0.15) is 68.6 Å². The van der Waals surface area contributed by atoms with Gasteiger partial charge in [-0.1, -0.05) is 13.3 Å². The van der Waals surface area contributed by atoms with Gasteiger partial charge in [0.2, 0.25) is 5.95 Å². The van der Waals surface area contributed by atoms with Crippen molar-refractivity contribution in [1.29, 1.82) is 0 Å². The van der Waals surface area contributed by atoms with Gasteiger partial charge in [0.1, 0.15) is 12.4 Å². The summed E-state index contributed by atoms with van der Waals surface area (Å²) in [5.74, 6) is 8.01. The molecule has 0 bridgehead atoms. The van der Waals surface area contributed by atoms with Gasteiger partial charge in [-0.25, -0.2) is 10.8 Å². The number of ether oxygens (including phenoxy) is 2. The average Bonchev–Trinajstić information content (AvgIpc) is 2.92. The maximum absolute atomic E-state index is 6.64. The molecule has 0 unspecified atom stereocenters. The summed E-state index contributed by atoms with van der Waals surface area (Å²) >= 11 is 0. The Bertz CT molecular complexity index is 1120. The minimum Gasteiger partial charge on any atom is -0.457 e. The summed E-state index contributed by atoms with van der Waals surface area (Å²) in [5.41, 5.74) is 10.7. The van der Waals surface area contributed by atoms with Crippen LogP contribution in [0.15, 0.2) is 17.8 Å². The van der Waals surface area contributed by atoms with Gasteiger partial charge in [0, 0.05) is 39.1 Å². The van der Waals surface area contributed by atoms with Crippen LogP contribution in [0.2, 0.25) is 0 Å². The number of piperidine rings is 1. The SMILES string of the molecule is CCc1nc(/C(N)=C(\COc2nc(C3CCC3)nc(N3CCOCC3)n2)N(C)N)ccc1N1CCCCC1. The first-order chi connectivity index (χ1) is 18.5. The van der Waals surface area contributed by atoms with E-state index in [1.807, 2.05) is 6.07 Å². The van der Waals surface area contributed by atoms with E-state index < -0.39 is 0 Å². The molecular formula is C27H41N9O2. The van der Waals surface area contributed by atoms with Gasteiger partial charge in [-0.2, -0.15) is 15.0 Å². The molecule has 5 rings (SSSR count). The summed E-state index contributed by atoms with van der Waals surface area (Å²) in [5, 5.41) is 1.48. The molecule has 3 aliphatic rings. The molecule has 4 N–H and O–H groups in total. The summed E-state index contributed by atoms with van der Waals surface area (Å²) in [7, 11) is 1.75. The van der Waals surface area contributed by atoms with Gasteiger partial charge >= 0.3 is 6.01 Å². The van der Waals surface area contributed by atoms with Crippen LogP contribution in [-0.4, -0.2) is 78.0 Å². The number of pyridine rings is 1.